The lowest BCUT2D eigenvalue weighted by molar-refractivity contribution is 0.667. The van der Waals surface area contributed by atoms with E-state index in [0.29, 0.717) is 13.1 Å². The maximum absolute atomic E-state index is 10.4. The number of nitrogens with one attached hydrogen (secondary N) is 2. The van der Waals surface area contributed by atoms with Crippen LogP contribution in [0.3, 0.4) is 0 Å². The van der Waals surface area contributed by atoms with Crippen LogP contribution in [0.4, 0.5) is 0 Å². The molecule has 0 amide bonds. The Bertz CT molecular complexity index is 139. The van der Waals surface area contributed by atoms with E-state index in [2.05, 4.69) is 4.72 Å². The molecule has 0 aromatic rings. The molecule has 5 heteroatoms. The van der Waals surface area contributed by atoms with Crippen molar-refractivity contribution in [1.29, 1.82) is 4.78 Å². The molecular formula is C3H11N3OS. The molecule has 0 aliphatic carbocycles. The molecular weight excluding hydrogens is 126 g/mol. The van der Waals surface area contributed by atoms with E-state index in [1.54, 1.807) is 0 Å². The van der Waals surface area contributed by atoms with Crippen LogP contribution in [0.15, 0.2) is 0 Å². The topological polar surface area (TPSA) is 79.0 Å². The highest BCUT2D eigenvalue weighted by molar-refractivity contribution is 7.89. The van der Waals surface area contributed by atoms with Gasteiger partial charge in [0.15, 0.2) is 0 Å². The first-order valence-electron chi connectivity index (χ1n) is 2.24. The lowest BCUT2D eigenvalue weighted by atomic mass is 10.7. The molecule has 0 spiro atoms. The zero-order chi connectivity index (χ0) is 6.62. The number of rotatable bonds is 3. The molecule has 0 aromatic carbocycles. The van der Waals surface area contributed by atoms with E-state index in [1.165, 1.54) is 6.26 Å². The number of nitrogens with two attached hydrogens (primary N) is 1. The minimum atomic E-state index is -2.52. The minimum absolute atomic E-state index is 0.420. The van der Waals surface area contributed by atoms with Crippen LogP contribution >= 0.6 is 0 Å². The Balaban J connectivity index is 3.42. The van der Waals surface area contributed by atoms with E-state index >= 15 is 0 Å². The molecule has 0 aliphatic heterocycles. The summed E-state index contributed by atoms with van der Waals surface area (Å²) in [4.78, 5) is 0. The summed E-state index contributed by atoms with van der Waals surface area (Å²) in [7, 11) is -2.52. The first kappa shape index (κ1) is 7.87. The Labute approximate surface area is 49.6 Å². The van der Waals surface area contributed by atoms with Crippen molar-refractivity contribution >= 4 is 9.92 Å². The normalized spacial score (nSPS) is 17.8. The van der Waals surface area contributed by atoms with Crippen molar-refractivity contribution in [2.45, 2.75) is 0 Å². The molecule has 4 N–H and O–H groups in total. The summed E-state index contributed by atoms with van der Waals surface area (Å²) in [6, 6.07) is 0. The predicted octanol–water partition coefficient (Wildman–Crippen LogP) is -0.874. The minimum Gasteiger partial charge on any atom is -0.329 e. The molecule has 0 radical (unpaired) electrons. The summed E-state index contributed by atoms with van der Waals surface area (Å²) in [6.45, 7) is 0.864. The van der Waals surface area contributed by atoms with Gasteiger partial charge in [-0.1, -0.05) is 0 Å². The summed E-state index contributed by atoms with van der Waals surface area (Å²) >= 11 is 0. The molecule has 0 aliphatic rings. The van der Waals surface area contributed by atoms with E-state index in [1.807, 2.05) is 0 Å². The van der Waals surface area contributed by atoms with Gasteiger partial charge in [0.2, 0.25) is 0 Å². The van der Waals surface area contributed by atoms with E-state index in [4.69, 9.17) is 10.5 Å². The van der Waals surface area contributed by atoms with Gasteiger partial charge in [0.25, 0.3) is 0 Å². The van der Waals surface area contributed by atoms with Crippen LogP contribution in [0.1, 0.15) is 0 Å². The maximum Gasteiger partial charge on any atom is 0.102 e. The van der Waals surface area contributed by atoms with E-state index in [9.17, 15) is 4.21 Å². The Kier molecular flexibility index (Phi) is 2.96. The molecule has 0 aromatic heterocycles. The molecule has 0 rings (SSSR count). The van der Waals surface area contributed by atoms with Crippen LogP contribution in [0.2, 0.25) is 0 Å². The van der Waals surface area contributed by atoms with Crippen LogP contribution < -0.4 is 10.5 Å². The average Bonchev–Trinajstić information content (AvgIpc) is 1.59. The highest BCUT2D eigenvalue weighted by atomic mass is 32.2. The van der Waals surface area contributed by atoms with Crippen molar-refractivity contribution in [2.24, 2.45) is 5.73 Å². The lowest BCUT2D eigenvalue weighted by Crippen LogP contribution is -2.26. The zero-order valence-corrected chi connectivity index (χ0v) is 5.62. The number of hydrogen-bond donors (Lipinski definition) is 3. The Morgan fingerprint density at radius 3 is 2.50 bits per heavy atom. The van der Waals surface area contributed by atoms with Crippen molar-refractivity contribution in [3.8, 4) is 0 Å². The van der Waals surface area contributed by atoms with Gasteiger partial charge in [-0.15, -0.1) is 0 Å². The van der Waals surface area contributed by atoms with Gasteiger partial charge in [0.05, 0.1) is 0 Å². The molecule has 0 saturated carbocycles. The molecule has 0 saturated heterocycles. The van der Waals surface area contributed by atoms with Crippen molar-refractivity contribution in [3.63, 3.8) is 0 Å². The third kappa shape index (κ3) is 5.87. The lowest BCUT2D eigenvalue weighted by Gasteiger charge is -1.99. The molecule has 8 heavy (non-hydrogen) atoms. The molecule has 1 unspecified atom stereocenters. The van der Waals surface area contributed by atoms with Crippen LogP contribution in [-0.2, 0) is 9.92 Å². The van der Waals surface area contributed by atoms with Gasteiger partial charge in [0, 0.05) is 19.3 Å². The highest BCUT2D eigenvalue weighted by Gasteiger charge is 1.90. The first-order valence-corrected chi connectivity index (χ1v) is 4.21. The molecule has 0 fully saturated rings. The molecule has 4 nitrogen and oxygen atoms in total. The average molecular weight is 137 g/mol. The van der Waals surface area contributed by atoms with E-state index < -0.39 is 9.92 Å². The fourth-order valence-electron chi connectivity index (χ4n) is 0.254. The Morgan fingerprint density at radius 2 is 2.38 bits per heavy atom. The fourth-order valence-corrected chi connectivity index (χ4v) is 0.761. The molecule has 0 bridgehead atoms. The van der Waals surface area contributed by atoms with Crippen molar-refractivity contribution in [2.75, 3.05) is 19.3 Å². The van der Waals surface area contributed by atoms with Crippen LogP contribution in [-0.4, -0.2) is 23.6 Å². The molecule has 50 valence electrons. The van der Waals surface area contributed by atoms with Gasteiger partial charge >= 0.3 is 0 Å². The van der Waals surface area contributed by atoms with Crippen LogP contribution in [0.5, 0.6) is 0 Å². The number of hydrogen-bond acceptors (Lipinski definition) is 3. The van der Waals surface area contributed by atoms with Gasteiger partial charge in [0.1, 0.15) is 9.92 Å². The van der Waals surface area contributed by atoms with Crippen molar-refractivity contribution in [3.05, 3.63) is 0 Å². The Hall–Kier alpha value is -0.130. The summed E-state index contributed by atoms with van der Waals surface area (Å²) < 4.78 is 19.7. The summed E-state index contributed by atoms with van der Waals surface area (Å²) in [5, 5.41) is 0. The van der Waals surface area contributed by atoms with E-state index in [-0.39, 0.29) is 0 Å². The maximum atomic E-state index is 10.4. The van der Waals surface area contributed by atoms with Crippen LogP contribution in [0, 0.1) is 4.78 Å². The molecule has 1 atom stereocenters. The highest BCUT2D eigenvalue weighted by Crippen LogP contribution is 1.70. The van der Waals surface area contributed by atoms with Gasteiger partial charge in [-0.05, 0) is 0 Å². The van der Waals surface area contributed by atoms with Gasteiger partial charge in [-0.25, -0.2) is 13.7 Å². The molecule has 0 heterocycles. The summed E-state index contributed by atoms with van der Waals surface area (Å²) in [5.74, 6) is 0. The standard InChI is InChI=1S/C3H11N3OS/c1-8(5,7)6-3-2-4/h2-4H2,1H3,(H2,5,6,7). The first-order chi connectivity index (χ1) is 3.56. The van der Waals surface area contributed by atoms with Gasteiger partial charge < -0.3 is 5.73 Å². The van der Waals surface area contributed by atoms with Crippen molar-refractivity contribution in [1.82, 2.24) is 4.72 Å². The van der Waals surface area contributed by atoms with E-state index in [0.717, 1.165) is 0 Å². The SMILES string of the molecule is CS(=N)(=O)NCCN. The van der Waals surface area contributed by atoms with Gasteiger partial charge in [-0.3, -0.25) is 0 Å². The summed E-state index contributed by atoms with van der Waals surface area (Å²) in [6.07, 6.45) is 1.32. The zero-order valence-electron chi connectivity index (χ0n) is 4.81. The predicted molar refractivity (Wildman–Crippen MR) is 33.8 cm³/mol. The summed E-state index contributed by atoms with van der Waals surface area (Å²) in [5.41, 5.74) is 5.06. The van der Waals surface area contributed by atoms with Crippen LogP contribution in [0.25, 0.3) is 0 Å². The monoisotopic (exact) mass is 137 g/mol. The smallest absolute Gasteiger partial charge is 0.102 e. The second-order valence-corrected chi connectivity index (χ2v) is 3.50. The second-order valence-electron chi connectivity index (χ2n) is 1.53. The largest absolute Gasteiger partial charge is 0.329 e. The Morgan fingerprint density at radius 1 is 1.88 bits per heavy atom. The third-order valence-corrected chi connectivity index (χ3v) is 1.28. The quantitative estimate of drug-likeness (QED) is 0.472. The second kappa shape index (κ2) is 3.01. The third-order valence-electron chi connectivity index (χ3n) is 0.522. The van der Waals surface area contributed by atoms with Crippen molar-refractivity contribution < 1.29 is 4.21 Å². The fraction of sp³-hybridized carbons (Fsp3) is 1.00. The van der Waals surface area contributed by atoms with Gasteiger partial charge in [-0.2, -0.15) is 0 Å².